The van der Waals surface area contributed by atoms with E-state index in [2.05, 4.69) is 15.5 Å². The van der Waals surface area contributed by atoms with Crippen molar-refractivity contribution in [3.05, 3.63) is 60.2 Å². The molecule has 1 aliphatic rings. The molecular weight excluding hydrogens is 384 g/mol. The standard InChI is InChI=1S/C22H26N4O4/c23-22(29)25-19(14-16-6-2-1-3-7-16)21(28)30-15-20(27)24-17-8-10-18(11-9-17)26-12-4-5-13-26/h1-3,6-11,19H,4-5,12-15H2,(H,24,27)(H3,23,25,29)/t19-/m0/s1. The zero-order valence-corrected chi connectivity index (χ0v) is 16.7. The molecule has 0 saturated carbocycles. The molecule has 2 aromatic rings. The van der Waals surface area contributed by atoms with Gasteiger partial charge in [-0.1, -0.05) is 30.3 Å². The number of urea groups is 1. The number of amides is 3. The zero-order chi connectivity index (χ0) is 21.3. The van der Waals surface area contributed by atoms with Gasteiger partial charge >= 0.3 is 12.0 Å². The van der Waals surface area contributed by atoms with Gasteiger partial charge in [-0.2, -0.15) is 0 Å². The fourth-order valence-electron chi connectivity index (χ4n) is 3.38. The first-order valence-corrected chi connectivity index (χ1v) is 9.92. The van der Waals surface area contributed by atoms with Gasteiger partial charge in [0.1, 0.15) is 6.04 Å². The van der Waals surface area contributed by atoms with Gasteiger partial charge in [0.05, 0.1) is 0 Å². The summed E-state index contributed by atoms with van der Waals surface area (Å²) in [4.78, 5) is 38.0. The van der Waals surface area contributed by atoms with E-state index in [0.717, 1.165) is 24.3 Å². The van der Waals surface area contributed by atoms with E-state index in [4.69, 9.17) is 10.5 Å². The minimum atomic E-state index is -0.975. The number of esters is 1. The third-order valence-corrected chi connectivity index (χ3v) is 4.85. The van der Waals surface area contributed by atoms with E-state index in [9.17, 15) is 14.4 Å². The van der Waals surface area contributed by atoms with Crippen molar-refractivity contribution in [1.82, 2.24) is 5.32 Å². The van der Waals surface area contributed by atoms with Crippen molar-refractivity contribution in [2.24, 2.45) is 5.73 Å². The molecule has 4 N–H and O–H groups in total. The van der Waals surface area contributed by atoms with Crippen LogP contribution in [-0.4, -0.2) is 43.6 Å². The monoisotopic (exact) mass is 410 g/mol. The SMILES string of the molecule is NC(=O)N[C@@H](Cc1ccccc1)C(=O)OCC(=O)Nc1ccc(N2CCCC2)cc1. The highest BCUT2D eigenvalue weighted by Crippen LogP contribution is 2.22. The lowest BCUT2D eigenvalue weighted by Gasteiger charge is -2.18. The molecule has 1 atom stereocenters. The van der Waals surface area contributed by atoms with Crippen LogP contribution < -0.4 is 21.3 Å². The van der Waals surface area contributed by atoms with Crippen molar-refractivity contribution < 1.29 is 19.1 Å². The molecule has 8 heteroatoms. The van der Waals surface area contributed by atoms with E-state index < -0.39 is 30.6 Å². The van der Waals surface area contributed by atoms with Crippen LogP contribution in [0.5, 0.6) is 0 Å². The first-order valence-electron chi connectivity index (χ1n) is 9.92. The highest BCUT2D eigenvalue weighted by atomic mass is 16.5. The molecule has 8 nitrogen and oxygen atoms in total. The predicted octanol–water partition coefficient (Wildman–Crippen LogP) is 2.05. The normalized spacial score (nSPS) is 14.1. The maximum atomic E-state index is 12.4. The van der Waals surface area contributed by atoms with Crippen LogP contribution in [-0.2, 0) is 20.7 Å². The lowest BCUT2D eigenvalue weighted by molar-refractivity contribution is -0.149. The average Bonchev–Trinajstić information content (AvgIpc) is 3.27. The summed E-state index contributed by atoms with van der Waals surface area (Å²) in [6.07, 6.45) is 2.60. The van der Waals surface area contributed by atoms with Gasteiger partial charge in [0, 0.05) is 30.9 Å². The summed E-state index contributed by atoms with van der Waals surface area (Å²) in [7, 11) is 0. The Kier molecular flexibility index (Phi) is 7.26. The van der Waals surface area contributed by atoms with E-state index in [1.807, 2.05) is 54.6 Å². The number of nitrogens with two attached hydrogens (primary N) is 1. The molecule has 0 bridgehead atoms. The van der Waals surface area contributed by atoms with Crippen LogP contribution in [0.4, 0.5) is 16.2 Å². The number of nitrogens with one attached hydrogen (secondary N) is 2. The summed E-state index contributed by atoms with van der Waals surface area (Å²) in [6, 6.07) is 14.9. The maximum Gasteiger partial charge on any atom is 0.329 e. The fraction of sp³-hybridized carbons (Fsp3) is 0.318. The van der Waals surface area contributed by atoms with Gasteiger partial charge in [0.15, 0.2) is 6.61 Å². The number of hydrogen-bond donors (Lipinski definition) is 3. The Bertz CT molecular complexity index is 864. The van der Waals surface area contributed by atoms with Crippen molar-refractivity contribution >= 4 is 29.3 Å². The van der Waals surface area contributed by atoms with Crippen LogP contribution in [0, 0.1) is 0 Å². The fourth-order valence-corrected chi connectivity index (χ4v) is 3.38. The first-order chi connectivity index (χ1) is 14.5. The van der Waals surface area contributed by atoms with Gasteiger partial charge in [0.2, 0.25) is 0 Å². The number of nitrogens with zero attached hydrogens (tertiary/aromatic N) is 1. The second-order valence-electron chi connectivity index (χ2n) is 7.15. The van der Waals surface area contributed by atoms with Gasteiger partial charge in [-0.3, -0.25) is 4.79 Å². The van der Waals surface area contributed by atoms with Crippen molar-refractivity contribution in [1.29, 1.82) is 0 Å². The Morgan fingerprint density at radius 3 is 2.30 bits per heavy atom. The number of primary amides is 1. The van der Waals surface area contributed by atoms with Crippen molar-refractivity contribution in [3.8, 4) is 0 Å². The average molecular weight is 410 g/mol. The van der Waals surface area contributed by atoms with E-state index in [0.29, 0.717) is 5.69 Å². The number of hydrogen-bond acceptors (Lipinski definition) is 5. The molecule has 0 aromatic heterocycles. The largest absolute Gasteiger partial charge is 0.454 e. The maximum absolute atomic E-state index is 12.4. The van der Waals surface area contributed by atoms with Crippen molar-refractivity contribution in [2.75, 3.05) is 29.9 Å². The number of ether oxygens (including phenoxy) is 1. The lowest BCUT2D eigenvalue weighted by Crippen LogP contribution is -2.46. The number of benzene rings is 2. The van der Waals surface area contributed by atoms with Crippen molar-refractivity contribution in [3.63, 3.8) is 0 Å². The van der Waals surface area contributed by atoms with Gasteiger partial charge in [-0.05, 0) is 42.7 Å². The van der Waals surface area contributed by atoms with Gasteiger partial charge in [0.25, 0.3) is 5.91 Å². The van der Waals surface area contributed by atoms with Crippen molar-refractivity contribution in [2.45, 2.75) is 25.3 Å². The quantitative estimate of drug-likeness (QED) is 0.577. The van der Waals surface area contributed by atoms with E-state index in [1.165, 1.54) is 12.8 Å². The molecule has 0 aliphatic carbocycles. The molecule has 1 saturated heterocycles. The number of anilines is 2. The molecule has 2 aromatic carbocycles. The minimum Gasteiger partial charge on any atom is -0.454 e. The molecule has 1 aliphatic heterocycles. The summed E-state index contributed by atoms with van der Waals surface area (Å²) in [5.41, 5.74) is 7.73. The smallest absolute Gasteiger partial charge is 0.329 e. The van der Waals surface area contributed by atoms with E-state index in [-0.39, 0.29) is 6.42 Å². The zero-order valence-electron chi connectivity index (χ0n) is 16.7. The number of carbonyl (C=O) groups excluding carboxylic acids is 3. The second kappa shape index (κ2) is 10.3. The summed E-state index contributed by atoms with van der Waals surface area (Å²) >= 11 is 0. The molecule has 0 spiro atoms. The molecule has 3 amide bonds. The highest BCUT2D eigenvalue weighted by molar-refractivity contribution is 5.93. The lowest BCUT2D eigenvalue weighted by atomic mass is 10.1. The van der Waals surface area contributed by atoms with Crippen LogP contribution in [0.2, 0.25) is 0 Å². The summed E-state index contributed by atoms with van der Waals surface area (Å²) in [5.74, 6) is -1.19. The molecule has 3 rings (SSSR count). The second-order valence-corrected chi connectivity index (χ2v) is 7.15. The van der Waals surface area contributed by atoms with E-state index in [1.54, 1.807) is 0 Å². The summed E-state index contributed by atoms with van der Waals surface area (Å²) in [5, 5.41) is 5.06. The van der Waals surface area contributed by atoms with Crippen LogP contribution in [0.1, 0.15) is 18.4 Å². The first kappa shape index (κ1) is 21.2. The number of rotatable bonds is 8. The summed E-state index contributed by atoms with van der Waals surface area (Å²) in [6.45, 7) is 1.63. The third-order valence-electron chi connectivity index (χ3n) is 4.85. The molecule has 158 valence electrons. The Labute approximate surface area is 175 Å². The van der Waals surface area contributed by atoms with Gasteiger partial charge in [-0.25, -0.2) is 9.59 Å². The van der Waals surface area contributed by atoms with Crippen LogP contribution in [0.25, 0.3) is 0 Å². The minimum absolute atomic E-state index is 0.211. The highest BCUT2D eigenvalue weighted by Gasteiger charge is 2.23. The van der Waals surface area contributed by atoms with Gasteiger partial charge in [-0.15, -0.1) is 0 Å². The Morgan fingerprint density at radius 2 is 1.67 bits per heavy atom. The molecule has 1 fully saturated rings. The molecular formula is C22H26N4O4. The van der Waals surface area contributed by atoms with E-state index >= 15 is 0 Å². The Morgan fingerprint density at radius 1 is 1.00 bits per heavy atom. The topological polar surface area (TPSA) is 114 Å². The van der Waals surface area contributed by atoms with Crippen LogP contribution in [0.15, 0.2) is 54.6 Å². The third kappa shape index (κ3) is 6.23. The Balaban J connectivity index is 1.50. The molecule has 1 heterocycles. The van der Waals surface area contributed by atoms with Crippen LogP contribution in [0.3, 0.4) is 0 Å². The van der Waals surface area contributed by atoms with Crippen LogP contribution >= 0.6 is 0 Å². The summed E-state index contributed by atoms with van der Waals surface area (Å²) < 4.78 is 5.09. The van der Waals surface area contributed by atoms with Gasteiger partial charge < -0.3 is 26.0 Å². The molecule has 0 unspecified atom stereocenters. The predicted molar refractivity (Wildman–Crippen MR) is 114 cm³/mol. The Hall–Kier alpha value is -3.55. The molecule has 0 radical (unpaired) electrons. The molecule has 30 heavy (non-hydrogen) atoms. The number of carbonyl (C=O) groups is 3.